The van der Waals surface area contributed by atoms with Crippen LogP contribution in [0.1, 0.15) is 83.1 Å². The Morgan fingerprint density at radius 1 is 0.667 bits per heavy atom. The van der Waals surface area contributed by atoms with E-state index in [2.05, 4.69) is 119 Å². The van der Waals surface area contributed by atoms with Crippen molar-refractivity contribution in [2.75, 3.05) is 6.16 Å². The molecule has 0 saturated heterocycles. The summed E-state index contributed by atoms with van der Waals surface area (Å²) in [7, 11) is -0.374. The third-order valence-electron chi connectivity index (χ3n) is 4.75. The van der Waals surface area contributed by atoms with Gasteiger partial charge in [-0.1, -0.05) is 135 Å². The fourth-order valence-corrected chi connectivity index (χ4v) is 10.8. The van der Waals surface area contributed by atoms with Crippen molar-refractivity contribution < 1.29 is 0 Å². The maximum Gasteiger partial charge on any atom is -0.00635 e. The zero-order valence-corrected chi connectivity index (χ0v) is 21.9. The summed E-state index contributed by atoms with van der Waals surface area (Å²) < 4.78 is 0. The highest BCUT2D eigenvalue weighted by Gasteiger charge is 2.35. The molecule has 27 heavy (non-hydrogen) atoms. The molecule has 0 amide bonds. The van der Waals surface area contributed by atoms with Gasteiger partial charge in [-0.15, -0.1) is 0 Å². The molecule has 154 valence electrons. The third kappa shape index (κ3) is 7.99. The largest absolute Gasteiger partial charge is 0.0911 e. The van der Waals surface area contributed by atoms with E-state index < -0.39 is 0 Å². The molecule has 1 aliphatic carbocycles. The molecule has 0 aromatic carbocycles. The van der Waals surface area contributed by atoms with Crippen molar-refractivity contribution in [2.24, 2.45) is 0 Å². The second kappa shape index (κ2) is 8.67. The van der Waals surface area contributed by atoms with Gasteiger partial charge in [0.2, 0.25) is 0 Å². The van der Waals surface area contributed by atoms with Crippen LogP contribution in [-0.4, -0.2) is 26.8 Å². The fraction of sp³-hybridized carbons (Fsp3) is 0.680. The minimum atomic E-state index is -0.242. The van der Waals surface area contributed by atoms with Crippen LogP contribution in [0.3, 0.4) is 0 Å². The Morgan fingerprint density at radius 3 is 1.52 bits per heavy atom. The molecule has 0 heterocycles. The lowest BCUT2D eigenvalue weighted by molar-refractivity contribution is 0.706. The summed E-state index contributed by atoms with van der Waals surface area (Å²) in [5, 5.41) is 1.34. The predicted octanol–water partition coefficient (Wildman–Crippen LogP) is 9.08. The quantitative estimate of drug-likeness (QED) is 0.410. The van der Waals surface area contributed by atoms with Crippen molar-refractivity contribution in [1.29, 1.82) is 0 Å². The molecule has 1 aliphatic rings. The van der Waals surface area contributed by atoms with Crippen LogP contribution in [0, 0.1) is 0 Å². The second-order valence-corrected chi connectivity index (χ2v) is 19.2. The highest BCUT2D eigenvalue weighted by molar-refractivity contribution is 7.64. The van der Waals surface area contributed by atoms with E-state index in [-0.39, 0.29) is 15.8 Å². The number of hydrogen-bond donors (Lipinski definition) is 0. The van der Waals surface area contributed by atoms with Crippen LogP contribution in [0.15, 0.2) is 47.3 Å². The summed E-state index contributed by atoms with van der Waals surface area (Å²) in [5.41, 5.74) is 2.88. The molecule has 0 saturated carbocycles. The van der Waals surface area contributed by atoms with Gasteiger partial charge < -0.3 is 0 Å². The topological polar surface area (TPSA) is 0 Å². The van der Waals surface area contributed by atoms with Gasteiger partial charge in [-0.25, -0.2) is 0 Å². The highest BCUT2D eigenvalue weighted by atomic mass is 31.1. The smallest absolute Gasteiger partial charge is 0.00635 e. The molecular weight excluding hydrogens is 362 g/mol. The lowest BCUT2D eigenvalue weighted by Gasteiger charge is -2.42. The molecule has 0 bridgehead atoms. The van der Waals surface area contributed by atoms with E-state index >= 15 is 0 Å². The summed E-state index contributed by atoms with van der Waals surface area (Å²) in [6.07, 6.45) is 12.7. The first-order chi connectivity index (χ1) is 11.9. The molecule has 0 nitrogen and oxygen atoms in total. The summed E-state index contributed by atoms with van der Waals surface area (Å²) in [5.74, 6) is 2.58. The maximum atomic E-state index is 2.58. The number of allylic oxidation sites excluding steroid dienone is 7. The molecule has 0 atom stereocenters. The Kier molecular flexibility index (Phi) is 7.99. The lowest BCUT2D eigenvalue weighted by atomic mass is 10.2. The third-order valence-corrected chi connectivity index (χ3v) is 12.1. The average molecular weight is 407 g/mol. The SMILES string of the molecule is CC(C)(C)P(/C=C1/C=CC=CC(CP(C(C)(C)C)C(C)(C)C)=C1)C(C)(C)C. The van der Waals surface area contributed by atoms with Crippen molar-refractivity contribution in [3.8, 4) is 0 Å². The van der Waals surface area contributed by atoms with E-state index in [0.29, 0.717) is 20.6 Å². The van der Waals surface area contributed by atoms with Gasteiger partial charge in [0.25, 0.3) is 0 Å². The molecule has 0 aromatic rings. The summed E-state index contributed by atoms with van der Waals surface area (Å²) in [6.45, 7) is 28.8. The Hall–Kier alpha value is -0.180. The summed E-state index contributed by atoms with van der Waals surface area (Å²) in [6, 6.07) is 0. The van der Waals surface area contributed by atoms with Gasteiger partial charge in [0.05, 0.1) is 0 Å². The number of rotatable bonds is 3. The zero-order valence-electron chi connectivity index (χ0n) is 20.1. The first-order valence-corrected chi connectivity index (χ1v) is 13.2. The highest BCUT2D eigenvalue weighted by Crippen LogP contribution is 2.62. The zero-order chi connectivity index (χ0) is 21.3. The van der Waals surface area contributed by atoms with Gasteiger partial charge in [0.1, 0.15) is 0 Å². The van der Waals surface area contributed by atoms with E-state index in [4.69, 9.17) is 0 Å². The van der Waals surface area contributed by atoms with Crippen molar-refractivity contribution in [2.45, 2.75) is 104 Å². The molecular formula is C25H44P2. The van der Waals surface area contributed by atoms with E-state index in [9.17, 15) is 0 Å². The van der Waals surface area contributed by atoms with Crippen LogP contribution in [-0.2, 0) is 0 Å². The van der Waals surface area contributed by atoms with Crippen molar-refractivity contribution >= 4 is 15.8 Å². The fourth-order valence-electron chi connectivity index (χ4n) is 4.04. The molecule has 0 fully saturated rings. The van der Waals surface area contributed by atoms with E-state index in [1.165, 1.54) is 17.3 Å². The van der Waals surface area contributed by atoms with Gasteiger partial charge in [-0.2, -0.15) is 0 Å². The Bertz CT molecular complexity index is 589. The van der Waals surface area contributed by atoms with Gasteiger partial charge in [-0.3, -0.25) is 0 Å². The summed E-state index contributed by atoms with van der Waals surface area (Å²) >= 11 is 0. The van der Waals surface area contributed by atoms with E-state index in [0.717, 1.165) is 0 Å². The second-order valence-electron chi connectivity index (χ2n) is 11.7. The minimum absolute atomic E-state index is 0.131. The van der Waals surface area contributed by atoms with Gasteiger partial charge >= 0.3 is 0 Å². The molecule has 0 radical (unpaired) electrons. The Morgan fingerprint density at radius 2 is 1.11 bits per heavy atom. The van der Waals surface area contributed by atoms with Crippen molar-refractivity contribution in [1.82, 2.24) is 0 Å². The van der Waals surface area contributed by atoms with Gasteiger partial charge in [0, 0.05) is 0 Å². The molecule has 2 heteroatoms. The molecule has 1 rings (SSSR count). The van der Waals surface area contributed by atoms with Crippen LogP contribution in [0.4, 0.5) is 0 Å². The average Bonchev–Trinajstić information content (AvgIpc) is 2.62. The van der Waals surface area contributed by atoms with Crippen molar-refractivity contribution in [3.05, 3.63) is 47.3 Å². The van der Waals surface area contributed by atoms with Gasteiger partial charge in [-0.05, 0) is 37.9 Å². The van der Waals surface area contributed by atoms with Gasteiger partial charge in [0.15, 0.2) is 0 Å². The molecule has 0 aliphatic heterocycles. The maximum absolute atomic E-state index is 2.58. The van der Waals surface area contributed by atoms with Crippen LogP contribution in [0.2, 0.25) is 0 Å². The van der Waals surface area contributed by atoms with Crippen LogP contribution >= 0.6 is 15.8 Å². The monoisotopic (exact) mass is 406 g/mol. The summed E-state index contributed by atoms with van der Waals surface area (Å²) in [4.78, 5) is 0. The first kappa shape index (κ1) is 24.9. The first-order valence-electron chi connectivity index (χ1n) is 10.3. The normalized spacial score (nSPS) is 18.4. The van der Waals surface area contributed by atoms with Crippen LogP contribution < -0.4 is 0 Å². The number of hydrogen-bond acceptors (Lipinski definition) is 0. The molecule has 0 spiro atoms. The van der Waals surface area contributed by atoms with Crippen LogP contribution in [0.5, 0.6) is 0 Å². The lowest BCUT2D eigenvalue weighted by Crippen LogP contribution is -2.27. The molecule has 0 N–H and O–H groups in total. The predicted molar refractivity (Wildman–Crippen MR) is 132 cm³/mol. The van der Waals surface area contributed by atoms with E-state index in [1.807, 2.05) is 0 Å². The molecule has 0 aromatic heterocycles. The Labute approximate surface area is 173 Å². The molecule has 0 unspecified atom stereocenters. The minimum Gasteiger partial charge on any atom is -0.0911 e. The standard InChI is InChI=1S/C25H44P2/c1-22(2,3)26(23(4,5)6)18-20-15-13-14-16-21(17-20)19-27(24(7,8)9)25(10,11)12/h13-18H,19H2,1-12H3/b20-18-. The van der Waals surface area contributed by atoms with Crippen molar-refractivity contribution in [3.63, 3.8) is 0 Å². The van der Waals surface area contributed by atoms with Crippen LogP contribution in [0.25, 0.3) is 0 Å². The Balaban J connectivity index is 3.29. The van der Waals surface area contributed by atoms with E-state index in [1.54, 1.807) is 0 Å².